The smallest absolute Gasteiger partial charge is 0.272 e. The van der Waals surface area contributed by atoms with Crippen LogP contribution in [0.25, 0.3) is 0 Å². The van der Waals surface area contributed by atoms with Crippen molar-refractivity contribution in [2.24, 2.45) is 0 Å². The summed E-state index contributed by atoms with van der Waals surface area (Å²) in [6.07, 6.45) is -1.33. The number of nitriles is 1. The number of amides is 1. The molecule has 0 aliphatic heterocycles. The van der Waals surface area contributed by atoms with E-state index in [0.717, 1.165) is 0 Å². The molecule has 0 radical (unpaired) electrons. The summed E-state index contributed by atoms with van der Waals surface area (Å²) in [6, 6.07) is 4.26. The summed E-state index contributed by atoms with van der Waals surface area (Å²) in [5.74, 6) is -0.597. The first-order valence-corrected chi connectivity index (χ1v) is 6.21. The molecule has 0 aromatic heterocycles. The number of aliphatic hydroxyl groups is 1. The fraction of sp³-hybridized carbons (Fsp3) is 0.273. The van der Waals surface area contributed by atoms with E-state index in [0.29, 0.717) is 0 Å². The van der Waals surface area contributed by atoms with Gasteiger partial charge in [0.15, 0.2) is 0 Å². The van der Waals surface area contributed by atoms with Crippen LogP contribution in [0.3, 0.4) is 0 Å². The molecule has 1 aromatic rings. The molecule has 106 valence electrons. The number of aliphatic hydroxyl groups excluding tert-OH is 1. The summed E-state index contributed by atoms with van der Waals surface area (Å²) in [4.78, 5) is 21.3. The van der Waals surface area contributed by atoms with Gasteiger partial charge in [0.2, 0.25) is 5.91 Å². The number of anilines is 1. The second-order valence-corrected chi connectivity index (χ2v) is 4.58. The molecule has 1 rings (SSSR count). The first-order valence-electron chi connectivity index (χ1n) is 5.42. The van der Waals surface area contributed by atoms with E-state index in [1.807, 2.05) is 6.07 Å². The largest absolute Gasteiger partial charge is 0.381 e. The number of non-ortho nitro benzene ring substituents is 1. The average Bonchev–Trinajstić information content (AvgIpc) is 2.42. The summed E-state index contributed by atoms with van der Waals surface area (Å²) in [5, 5.41) is 34.2. The molecule has 0 heterocycles. The number of nitro groups is 1. The van der Waals surface area contributed by atoms with E-state index >= 15 is 0 Å². The number of carbonyl (C=O) groups excluding carboxylic acids is 1. The number of hydrogen-bond donors (Lipinski definition) is 3. The van der Waals surface area contributed by atoms with E-state index in [9.17, 15) is 20.0 Å². The Balaban J connectivity index is 3.02. The van der Waals surface area contributed by atoms with Gasteiger partial charge in [-0.3, -0.25) is 14.9 Å². The maximum atomic E-state index is 11.1. The molecule has 0 aliphatic carbocycles. The first-order chi connectivity index (χ1) is 9.40. The van der Waals surface area contributed by atoms with Gasteiger partial charge in [0.05, 0.1) is 16.2 Å². The number of benzene rings is 1. The lowest BCUT2D eigenvalue weighted by molar-refractivity contribution is -0.384. The molecule has 8 nitrogen and oxygen atoms in total. The van der Waals surface area contributed by atoms with Crippen molar-refractivity contribution >= 4 is 33.2 Å². The van der Waals surface area contributed by atoms with E-state index in [4.69, 9.17) is 5.26 Å². The zero-order chi connectivity index (χ0) is 15.3. The molecule has 1 aromatic carbocycles. The highest BCUT2D eigenvalue weighted by Gasteiger charge is 2.18. The zero-order valence-electron chi connectivity index (χ0n) is 10.4. The normalized spacial score (nSPS) is 11.3. The standard InChI is InChI=1S/C11H11BrN4O4/c1-14-11(18)10(17)5-15-9-3-6(16(19)20)2-8(12)7(9)4-13/h2-3,10,15,17H,5H2,1H3,(H,14,18). The van der Waals surface area contributed by atoms with Crippen LogP contribution in [0.2, 0.25) is 0 Å². The minimum Gasteiger partial charge on any atom is -0.381 e. The van der Waals surface area contributed by atoms with Crippen LogP contribution in [0, 0.1) is 21.4 Å². The molecule has 1 amide bonds. The van der Waals surface area contributed by atoms with Gasteiger partial charge in [-0.15, -0.1) is 0 Å². The zero-order valence-corrected chi connectivity index (χ0v) is 12.0. The lowest BCUT2D eigenvalue weighted by Crippen LogP contribution is -2.36. The molecule has 0 saturated heterocycles. The van der Waals surface area contributed by atoms with Crippen LogP contribution in [-0.4, -0.2) is 35.6 Å². The fourth-order valence-corrected chi connectivity index (χ4v) is 1.95. The number of hydrogen-bond acceptors (Lipinski definition) is 6. The van der Waals surface area contributed by atoms with Crippen LogP contribution in [-0.2, 0) is 4.79 Å². The van der Waals surface area contributed by atoms with Crippen LogP contribution < -0.4 is 10.6 Å². The van der Waals surface area contributed by atoms with Crippen LogP contribution in [0.5, 0.6) is 0 Å². The van der Waals surface area contributed by atoms with E-state index < -0.39 is 16.9 Å². The van der Waals surface area contributed by atoms with Crippen LogP contribution in [0.15, 0.2) is 16.6 Å². The summed E-state index contributed by atoms with van der Waals surface area (Å²) < 4.78 is 0.256. The van der Waals surface area contributed by atoms with E-state index in [-0.39, 0.29) is 28.0 Å². The number of nitrogens with one attached hydrogen (secondary N) is 2. The highest BCUT2D eigenvalue weighted by Crippen LogP contribution is 2.30. The highest BCUT2D eigenvalue weighted by atomic mass is 79.9. The highest BCUT2D eigenvalue weighted by molar-refractivity contribution is 9.10. The van der Waals surface area contributed by atoms with Gasteiger partial charge >= 0.3 is 0 Å². The van der Waals surface area contributed by atoms with E-state index in [1.54, 1.807) is 0 Å². The molecule has 0 fully saturated rings. The average molecular weight is 343 g/mol. The second-order valence-electron chi connectivity index (χ2n) is 3.73. The van der Waals surface area contributed by atoms with E-state index in [1.165, 1.54) is 19.2 Å². The number of carbonyl (C=O) groups is 1. The van der Waals surface area contributed by atoms with Crippen molar-refractivity contribution < 1.29 is 14.8 Å². The summed E-state index contributed by atoms with van der Waals surface area (Å²) >= 11 is 3.07. The molecule has 1 unspecified atom stereocenters. The van der Waals surface area contributed by atoms with E-state index in [2.05, 4.69) is 26.6 Å². The summed E-state index contributed by atoms with van der Waals surface area (Å²) in [7, 11) is 1.37. The predicted molar refractivity (Wildman–Crippen MR) is 74.1 cm³/mol. The monoisotopic (exact) mass is 342 g/mol. The Bertz CT molecular complexity index is 585. The van der Waals surface area contributed by atoms with Gasteiger partial charge in [0, 0.05) is 30.2 Å². The van der Waals surface area contributed by atoms with Crippen molar-refractivity contribution in [3.63, 3.8) is 0 Å². The van der Waals surface area contributed by atoms with Gasteiger partial charge in [-0.25, -0.2) is 0 Å². The minimum absolute atomic E-state index is 0.153. The van der Waals surface area contributed by atoms with Crippen molar-refractivity contribution in [3.05, 3.63) is 32.3 Å². The lowest BCUT2D eigenvalue weighted by Gasteiger charge is -2.13. The number of nitrogens with zero attached hydrogens (tertiary/aromatic N) is 2. The third-order valence-electron chi connectivity index (χ3n) is 2.43. The molecule has 3 N–H and O–H groups in total. The maximum Gasteiger partial charge on any atom is 0.272 e. The third kappa shape index (κ3) is 3.66. The molecule has 9 heteroatoms. The lowest BCUT2D eigenvalue weighted by atomic mass is 10.1. The SMILES string of the molecule is CNC(=O)C(O)CNc1cc([N+](=O)[O-])cc(Br)c1C#N. The van der Waals surface area contributed by atoms with Crippen molar-refractivity contribution in [3.8, 4) is 6.07 Å². The molecule has 1 atom stereocenters. The Labute approximate surface area is 122 Å². The number of likely N-dealkylation sites (N-methyl/N-ethyl adjacent to an activating group) is 1. The van der Waals surface area contributed by atoms with Gasteiger partial charge in [-0.2, -0.15) is 5.26 Å². The van der Waals surface area contributed by atoms with Gasteiger partial charge in [0.1, 0.15) is 12.2 Å². The van der Waals surface area contributed by atoms with Gasteiger partial charge in [-0.1, -0.05) is 0 Å². The second kappa shape index (κ2) is 6.83. The van der Waals surface area contributed by atoms with Crippen molar-refractivity contribution in [2.75, 3.05) is 18.9 Å². The predicted octanol–water partition coefficient (Wildman–Crippen LogP) is 0.748. The number of halogens is 1. The molecule has 0 aliphatic rings. The van der Waals surface area contributed by atoms with Crippen molar-refractivity contribution in [2.45, 2.75) is 6.10 Å². The Morgan fingerprint density at radius 3 is 2.80 bits per heavy atom. The Morgan fingerprint density at radius 2 is 2.30 bits per heavy atom. The topological polar surface area (TPSA) is 128 Å². The molecule has 0 spiro atoms. The van der Waals surface area contributed by atoms with Crippen LogP contribution in [0.1, 0.15) is 5.56 Å². The van der Waals surface area contributed by atoms with Gasteiger partial charge in [-0.05, 0) is 15.9 Å². The molecule has 0 bridgehead atoms. The first kappa shape index (κ1) is 15.9. The third-order valence-corrected chi connectivity index (χ3v) is 3.06. The summed E-state index contributed by atoms with van der Waals surface area (Å²) in [6.45, 7) is -0.179. The van der Waals surface area contributed by atoms with Crippen molar-refractivity contribution in [1.29, 1.82) is 5.26 Å². The van der Waals surface area contributed by atoms with Gasteiger partial charge < -0.3 is 15.7 Å². The Hall–Kier alpha value is -2.18. The Morgan fingerprint density at radius 1 is 1.65 bits per heavy atom. The molecule has 20 heavy (non-hydrogen) atoms. The fourth-order valence-electron chi connectivity index (χ4n) is 1.42. The number of nitro benzene ring substituents is 1. The number of rotatable bonds is 5. The van der Waals surface area contributed by atoms with Gasteiger partial charge in [0.25, 0.3) is 5.69 Å². The minimum atomic E-state index is -1.33. The van der Waals surface area contributed by atoms with Crippen molar-refractivity contribution in [1.82, 2.24) is 5.32 Å². The van der Waals surface area contributed by atoms with Crippen LogP contribution in [0.4, 0.5) is 11.4 Å². The summed E-state index contributed by atoms with van der Waals surface area (Å²) in [5.41, 5.74) is 0.101. The van der Waals surface area contributed by atoms with Crippen LogP contribution >= 0.6 is 15.9 Å². The Kier molecular flexibility index (Phi) is 5.42. The maximum absolute atomic E-state index is 11.1. The molecule has 0 saturated carbocycles. The molecular weight excluding hydrogens is 332 g/mol. The quantitative estimate of drug-likeness (QED) is 0.534. The molecular formula is C11H11BrN4O4.